The van der Waals surface area contributed by atoms with Gasteiger partial charge in [-0.1, -0.05) is 12.1 Å². The Morgan fingerprint density at radius 1 is 0.889 bits per heavy atom. The molecule has 0 spiro atoms. The van der Waals surface area contributed by atoms with Crippen LogP contribution in [-0.2, 0) is 20.8 Å². The lowest BCUT2D eigenvalue weighted by Gasteiger charge is -2.21. The number of amides is 2. The number of carbonyl (C=O) groups is 3. The topological polar surface area (TPSA) is 123 Å². The van der Waals surface area contributed by atoms with Crippen LogP contribution in [0.1, 0.15) is 38.2 Å². The number of carboxylic acid groups (broad SMARTS) is 1. The molecule has 2 amide bonds. The molecule has 0 saturated carbocycles. The molecule has 0 unspecified atom stereocenters. The SMILES string of the molecule is CCOc1ccc(C[C@H](NC(=O)[C@H](CCCCOc2ccc(OC)cc2)CC(=O)O)C(=O)NC)cc1. The van der Waals surface area contributed by atoms with Gasteiger partial charge in [0.15, 0.2) is 0 Å². The second kappa shape index (κ2) is 15.3. The number of likely N-dealkylation sites (N-methyl/N-ethyl adjacent to an activating group) is 1. The van der Waals surface area contributed by atoms with Gasteiger partial charge in [-0.2, -0.15) is 0 Å². The van der Waals surface area contributed by atoms with Crippen molar-refractivity contribution in [3.63, 3.8) is 0 Å². The summed E-state index contributed by atoms with van der Waals surface area (Å²) >= 11 is 0. The number of ether oxygens (including phenoxy) is 3. The molecule has 2 rings (SSSR count). The molecule has 0 aliphatic heterocycles. The lowest BCUT2D eigenvalue weighted by molar-refractivity contribution is -0.141. The van der Waals surface area contributed by atoms with E-state index in [1.165, 1.54) is 7.05 Å². The average molecular weight is 501 g/mol. The highest BCUT2D eigenvalue weighted by molar-refractivity contribution is 5.89. The molecule has 0 fully saturated rings. The molecule has 9 heteroatoms. The summed E-state index contributed by atoms with van der Waals surface area (Å²) in [5.41, 5.74) is 0.845. The van der Waals surface area contributed by atoms with Crippen LogP contribution < -0.4 is 24.8 Å². The van der Waals surface area contributed by atoms with Crippen LogP contribution in [0.3, 0.4) is 0 Å². The number of rotatable bonds is 16. The van der Waals surface area contributed by atoms with Gasteiger partial charge in [-0.15, -0.1) is 0 Å². The first-order valence-corrected chi connectivity index (χ1v) is 12.1. The van der Waals surface area contributed by atoms with Gasteiger partial charge < -0.3 is 30.0 Å². The number of hydrogen-bond donors (Lipinski definition) is 3. The molecule has 0 radical (unpaired) electrons. The maximum Gasteiger partial charge on any atom is 0.304 e. The highest BCUT2D eigenvalue weighted by Crippen LogP contribution is 2.19. The zero-order chi connectivity index (χ0) is 26.3. The van der Waals surface area contributed by atoms with Crippen LogP contribution in [-0.4, -0.2) is 56.3 Å². The molecule has 0 aliphatic carbocycles. The van der Waals surface area contributed by atoms with Crippen molar-refractivity contribution >= 4 is 17.8 Å². The first-order valence-electron chi connectivity index (χ1n) is 12.1. The van der Waals surface area contributed by atoms with Gasteiger partial charge >= 0.3 is 5.97 Å². The van der Waals surface area contributed by atoms with Crippen molar-refractivity contribution in [3.05, 3.63) is 54.1 Å². The summed E-state index contributed by atoms with van der Waals surface area (Å²) in [7, 11) is 3.09. The molecule has 2 aromatic rings. The summed E-state index contributed by atoms with van der Waals surface area (Å²) in [4.78, 5) is 36.8. The summed E-state index contributed by atoms with van der Waals surface area (Å²) in [6.45, 7) is 2.88. The Bertz CT molecular complexity index is 961. The standard InChI is InChI=1S/C27H36N2O7/c1-4-35-22-10-8-19(9-11-22)17-24(27(33)28-2)29-26(32)20(18-25(30)31)7-5-6-16-36-23-14-12-21(34-3)13-15-23/h8-15,20,24H,4-7,16-18H2,1-3H3,(H,28,33)(H,29,32)(H,30,31)/t20-,24+/m1/s1. The fourth-order valence-corrected chi connectivity index (χ4v) is 3.69. The van der Waals surface area contributed by atoms with Crippen molar-refractivity contribution in [2.75, 3.05) is 27.4 Å². The number of benzene rings is 2. The Hall–Kier alpha value is -3.75. The highest BCUT2D eigenvalue weighted by atomic mass is 16.5. The highest BCUT2D eigenvalue weighted by Gasteiger charge is 2.27. The fraction of sp³-hybridized carbons (Fsp3) is 0.444. The van der Waals surface area contributed by atoms with E-state index >= 15 is 0 Å². The van der Waals surface area contributed by atoms with Crippen molar-refractivity contribution in [1.29, 1.82) is 0 Å². The number of aliphatic carboxylic acids is 1. The molecule has 3 N–H and O–H groups in total. The van der Waals surface area contributed by atoms with E-state index in [1.807, 2.05) is 43.3 Å². The summed E-state index contributed by atoms with van der Waals surface area (Å²) in [6.07, 6.45) is 1.58. The van der Waals surface area contributed by atoms with Gasteiger partial charge in [0, 0.05) is 19.4 Å². The largest absolute Gasteiger partial charge is 0.497 e. The third-order valence-corrected chi connectivity index (χ3v) is 5.62. The number of hydrogen-bond acceptors (Lipinski definition) is 6. The first kappa shape index (κ1) is 28.5. The van der Waals surface area contributed by atoms with Gasteiger partial charge in [0.25, 0.3) is 0 Å². The Morgan fingerprint density at radius 2 is 1.50 bits per heavy atom. The number of carbonyl (C=O) groups excluding carboxylic acids is 2. The van der Waals surface area contributed by atoms with Gasteiger partial charge in [0.2, 0.25) is 11.8 Å². The number of carboxylic acids is 1. The second-order valence-electron chi connectivity index (χ2n) is 8.27. The lowest BCUT2D eigenvalue weighted by Crippen LogP contribution is -2.49. The minimum atomic E-state index is -1.06. The smallest absolute Gasteiger partial charge is 0.304 e. The molecule has 2 atom stereocenters. The number of methoxy groups -OCH3 is 1. The van der Waals surface area contributed by atoms with Crippen LogP contribution in [0.25, 0.3) is 0 Å². The minimum Gasteiger partial charge on any atom is -0.497 e. The first-order chi connectivity index (χ1) is 17.4. The van der Waals surface area contributed by atoms with Gasteiger partial charge in [0.05, 0.1) is 26.7 Å². The zero-order valence-electron chi connectivity index (χ0n) is 21.1. The van der Waals surface area contributed by atoms with Gasteiger partial charge in [-0.25, -0.2) is 0 Å². The minimum absolute atomic E-state index is 0.271. The fourth-order valence-electron chi connectivity index (χ4n) is 3.69. The van der Waals surface area contributed by atoms with Gasteiger partial charge in [-0.3, -0.25) is 14.4 Å². The molecule has 0 bridgehead atoms. The third-order valence-electron chi connectivity index (χ3n) is 5.62. The molecule has 0 aromatic heterocycles. The van der Waals surface area contributed by atoms with E-state index in [1.54, 1.807) is 19.2 Å². The van der Waals surface area contributed by atoms with E-state index in [0.717, 1.165) is 17.1 Å². The van der Waals surface area contributed by atoms with Crippen LogP contribution >= 0.6 is 0 Å². The average Bonchev–Trinajstić information content (AvgIpc) is 2.88. The third kappa shape index (κ3) is 9.85. The van der Waals surface area contributed by atoms with Gasteiger partial charge in [-0.05, 0) is 68.1 Å². The Kier molecular flexibility index (Phi) is 12.1. The monoisotopic (exact) mass is 500 g/mol. The van der Waals surface area contributed by atoms with E-state index in [0.29, 0.717) is 38.2 Å². The van der Waals surface area contributed by atoms with E-state index in [2.05, 4.69) is 10.6 Å². The van der Waals surface area contributed by atoms with Crippen molar-refractivity contribution in [3.8, 4) is 17.2 Å². The summed E-state index contributed by atoms with van der Waals surface area (Å²) < 4.78 is 16.3. The van der Waals surface area contributed by atoms with E-state index in [9.17, 15) is 19.5 Å². The van der Waals surface area contributed by atoms with Crippen LogP contribution in [0.4, 0.5) is 0 Å². The summed E-state index contributed by atoms with van der Waals surface area (Å²) in [5.74, 6) is -0.448. The maximum absolute atomic E-state index is 13.0. The van der Waals surface area contributed by atoms with Crippen LogP contribution in [0, 0.1) is 5.92 Å². The summed E-state index contributed by atoms with van der Waals surface area (Å²) in [5, 5.41) is 14.6. The Balaban J connectivity index is 1.91. The van der Waals surface area contributed by atoms with Crippen molar-refractivity contribution in [2.45, 2.75) is 45.1 Å². The molecule has 36 heavy (non-hydrogen) atoms. The Morgan fingerprint density at radius 3 is 2.08 bits per heavy atom. The molecule has 9 nitrogen and oxygen atoms in total. The van der Waals surface area contributed by atoms with Crippen LogP contribution in [0.15, 0.2) is 48.5 Å². The van der Waals surface area contributed by atoms with Gasteiger partial charge in [0.1, 0.15) is 23.3 Å². The zero-order valence-corrected chi connectivity index (χ0v) is 21.1. The van der Waals surface area contributed by atoms with Crippen molar-refractivity contribution in [1.82, 2.24) is 10.6 Å². The van der Waals surface area contributed by atoms with E-state index in [4.69, 9.17) is 14.2 Å². The molecule has 2 aromatic carbocycles. The Labute approximate surface area is 212 Å². The van der Waals surface area contributed by atoms with Crippen molar-refractivity contribution < 1.29 is 33.7 Å². The molecular weight excluding hydrogens is 464 g/mol. The molecular formula is C27H36N2O7. The van der Waals surface area contributed by atoms with Crippen LogP contribution in [0.5, 0.6) is 17.2 Å². The quantitative estimate of drug-likeness (QED) is 0.303. The predicted octanol–water partition coefficient (Wildman–Crippen LogP) is 3.21. The normalized spacial score (nSPS) is 12.2. The molecule has 196 valence electrons. The maximum atomic E-state index is 13.0. The molecule has 0 aliphatic rings. The summed E-state index contributed by atoms with van der Waals surface area (Å²) in [6, 6.07) is 13.7. The predicted molar refractivity (Wildman–Crippen MR) is 135 cm³/mol. The molecule has 0 saturated heterocycles. The lowest BCUT2D eigenvalue weighted by atomic mass is 9.96. The number of unbranched alkanes of at least 4 members (excludes halogenated alkanes) is 1. The van der Waals surface area contributed by atoms with E-state index < -0.39 is 23.8 Å². The number of nitrogens with one attached hydrogen (secondary N) is 2. The van der Waals surface area contributed by atoms with Crippen LogP contribution in [0.2, 0.25) is 0 Å². The van der Waals surface area contributed by atoms with Crippen molar-refractivity contribution in [2.24, 2.45) is 5.92 Å². The van der Waals surface area contributed by atoms with E-state index in [-0.39, 0.29) is 18.7 Å². The second-order valence-corrected chi connectivity index (χ2v) is 8.27. The molecule has 0 heterocycles.